The molecule has 0 bridgehead atoms. The molecule has 5 heterocycles. The van der Waals surface area contributed by atoms with Crippen molar-refractivity contribution in [2.45, 2.75) is 37.5 Å². The third-order valence-electron chi connectivity index (χ3n) is 7.98. The molecule has 0 aliphatic carbocycles. The Morgan fingerprint density at radius 2 is 1.62 bits per heavy atom. The van der Waals surface area contributed by atoms with Crippen molar-refractivity contribution in [3.63, 3.8) is 0 Å². The number of likely N-dealkylation sites (tertiary alicyclic amines) is 1. The largest absolute Gasteiger partial charge is 1.00 e. The molecule has 3 aliphatic heterocycles. The number of nitrogens with zero attached hydrogens (tertiary/aromatic N) is 4. The van der Waals surface area contributed by atoms with Crippen LogP contribution in [0.2, 0.25) is 0 Å². The van der Waals surface area contributed by atoms with Crippen LogP contribution in [0.1, 0.15) is 12.0 Å². The van der Waals surface area contributed by atoms with Gasteiger partial charge in [-0.15, -0.1) is 11.8 Å². The summed E-state index contributed by atoms with van der Waals surface area (Å²) in [6.07, 6.45) is 8.91. The Kier molecular flexibility index (Phi) is 10.6. The molecular weight excluding hydrogens is 704 g/mol. The molecule has 3 aliphatic rings. The molecule has 1 aromatic carbocycles. The zero-order chi connectivity index (χ0) is 33.1. The zero-order valence-corrected chi connectivity index (χ0v) is 27.9. The topological polar surface area (TPSA) is 167 Å². The number of carboxylic acids is 1. The minimum Gasteiger partial charge on any atom is -1.00 e. The molecule has 13 nitrogen and oxygen atoms in total. The van der Waals surface area contributed by atoms with Crippen molar-refractivity contribution < 1.29 is 60.3 Å². The molecule has 3 aromatic rings. The summed E-state index contributed by atoms with van der Waals surface area (Å²) in [7, 11) is 0. The van der Waals surface area contributed by atoms with E-state index in [9.17, 15) is 34.2 Å². The van der Waals surface area contributed by atoms with E-state index in [-0.39, 0.29) is 65.0 Å². The molecule has 248 valence electrons. The number of allylic oxidation sites excluding steroid dienone is 1. The summed E-state index contributed by atoms with van der Waals surface area (Å²) in [5, 5.41) is 26.5. The van der Waals surface area contributed by atoms with Crippen LogP contribution < -0.4 is 41.9 Å². The van der Waals surface area contributed by atoms with Crippen molar-refractivity contribution in [1.82, 2.24) is 15.1 Å². The van der Waals surface area contributed by atoms with Crippen LogP contribution in [0, 0.1) is 0 Å². The molecule has 2 fully saturated rings. The predicted molar refractivity (Wildman–Crippen MR) is 165 cm³/mol. The second-order valence-corrected chi connectivity index (χ2v) is 12.4. The van der Waals surface area contributed by atoms with Gasteiger partial charge in [0.05, 0.1) is 11.7 Å². The van der Waals surface area contributed by atoms with Crippen LogP contribution in [0.3, 0.4) is 0 Å². The highest BCUT2D eigenvalue weighted by Crippen LogP contribution is 2.41. The van der Waals surface area contributed by atoms with Gasteiger partial charge in [-0.25, -0.2) is 0 Å². The Bertz CT molecular complexity index is 1800. The number of hydrogen-bond acceptors (Lipinski definition) is 8. The van der Waals surface area contributed by atoms with Gasteiger partial charge in [-0.3, -0.25) is 24.1 Å². The van der Waals surface area contributed by atoms with Gasteiger partial charge in [-0.2, -0.15) is 9.13 Å². The molecule has 2 aromatic heterocycles. The molecule has 3 N–H and O–H groups in total. The Balaban J connectivity index is 0.00000451. The Labute approximate surface area is 290 Å². The number of phenolic OH excluding ortho intramolecular Hbond substituents is 1. The highest BCUT2D eigenvalue weighted by atomic mass is 79.9. The lowest BCUT2D eigenvalue weighted by Crippen LogP contribution is -3.00. The van der Waals surface area contributed by atoms with Crippen LogP contribution in [-0.4, -0.2) is 68.2 Å². The molecule has 4 amide bonds. The van der Waals surface area contributed by atoms with E-state index in [0.29, 0.717) is 36.3 Å². The minimum absolute atomic E-state index is 0. The van der Waals surface area contributed by atoms with Gasteiger partial charge in [-0.1, -0.05) is 6.07 Å². The van der Waals surface area contributed by atoms with Crippen molar-refractivity contribution in [3.05, 3.63) is 108 Å². The number of carbonyl (C=O) groups is 5. The Hall–Kier alpha value is -5.02. The van der Waals surface area contributed by atoms with Crippen molar-refractivity contribution in [1.29, 1.82) is 0 Å². The van der Waals surface area contributed by atoms with Crippen LogP contribution in [0.25, 0.3) is 0 Å². The number of carbonyl (C=O) groups excluding carboxylic acids is 5. The summed E-state index contributed by atoms with van der Waals surface area (Å²) < 4.78 is 3.37. The number of nitrogens with one attached hydrogen (secondary N) is 2. The summed E-state index contributed by atoms with van der Waals surface area (Å²) >= 11 is 1.32. The maximum absolute atomic E-state index is 13.3. The number of rotatable bonds is 10. The first-order valence-corrected chi connectivity index (χ1v) is 15.9. The van der Waals surface area contributed by atoms with E-state index in [1.54, 1.807) is 69.2 Å². The number of anilines is 1. The summed E-state index contributed by atoms with van der Waals surface area (Å²) in [4.78, 5) is 66.2. The van der Waals surface area contributed by atoms with Gasteiger partial charge in [-0.05, 0) is 47.9 Å². The first-order chi connectivity index (χ1) is 22.7. The quantitative estimate of drug-likeness (QED) is 0.0831. The number of phenols is 1. The van der Waals surface area contributed by atoms with Gasteiger partial charge in [0.1, 0.15) is 17.2 Å². The Morgan fingerprint density at radius 1 is 0.958 bits per heavy atom. The molecular formula is C33H31BrN6O7S. The molecule has 2 unspecified atom stereocenters. The maximum atomic E-state index is 13.3. The average molecular weight is 736 g/mol. The number of fused-ring (bicyclic) bond motifs is 1. The minimum atomic E-state index is -1.52. The van der Waals surface area contributed by atoms with Gasteiger partial charge in [0.25, 0.3) is 17.7 Å². The van der Waals surface area contributed by atoms with Gasteiger partial charge < -0.3 is 47.5 Å². The highest BCUT2D eigenvalue weighted by molar-refractivity contribution is 8.00. The third kappa shape index (κ3) is 7.58. The maximum Gasteiger partial charge on any atom is 0.290 e. The van der Waals surface area contributed by atoms with Crippen molar-refractivity contribution in [3.8, 4) is 5.75 Å². The number of hydrogen-bond donors (Lipinski definition) is 3. The molecule has 15 heteroatoms. The van der Waals surface area contributed by atoms with Crippen molar-refractivity contribution in [2.75, 3.05) is 17.6 Å². The van der Waals surface area contributed by atoms with Gasteiger partial charge in [0.2, 0.25) is 19.0 Å². The number of aromatic nitrogens is 2. The number of β-lactam (4-membered cyclic amide) rings is 1. The summed E-state index contributed by atoms with van der Waals surface area (Å²) in [5.74, 6) is -2.56. The summed E-state index contributed by atoms with van der Waals surface area (Å²) in [6, 6.07) is 14.3. The van der Waals surface area contributed by atoms with E-state index < -0.39 is 23.3 Å². The van der Waals surface area contributed by atoms with E-state index in [0.717, 1.165) is 10.5 Å². The lowest BCUT2D eigenvalue weighted by molar-refractivity contribution is -0.684. The van der Waals surface area contributed by atoms with Gasteiger partial charge in [0.15, 0.2) is 24.8 Å². The van der Waals surface area contributed by atoms with Crippen molar-refractivity contribution in [2.24, 2.45) is 0 Å². The predicted octanol–water partition coefficient (Wildman–Crippen LogP) is -3.63. The monoisotopic (exact) mass is 734 g/mol. The average Bonchev–Trinajstić information content (AvgIpc) is 3.39. The van der Waals surface area contributed by atoms with E-state index in [2.05, 4.69) is 10.6 Å². The Morgan fingerprint density at radius 3 is 2.31 bits per heavy atom. The third-order valence-corrected chi connectivity index (χ3v) is 9.29. The molecule has 6 rings (SSSR count). The zero-order valence-electron chi connectivity index (χ0n) is 25.5. The first-order valence-electron chi connectivity index (χ1n) is 14.9. The van der Waals surface area contributed by atoms with Crippen LogP contribution >= 0.6 is 11.8 Å². The van der Waals surface area contributed by atoms with Crippen LogP contribution in [-0.2, 0) is 43.6 Å². The second kappa shape index (κ2) is 14.8. The highest BCUT2D eigenvalue weighted by Gasteiger charge is 2.53. The molecule has 2 atom stereocenters. The van der Waals surface area contributed by atoms with Crippen LogP contribution in [0.4, 0.5) is 5.69 Å². The first kappa shape index (κ1) is 34.3. The number of amides is 4. The van der Waals surface area contributed by atoms with Crippen molar-refractivity contribution >= 4 is 47.0 Å². The fourth-order valence-electron chi connectivity index (χ4n) is 5.66. The summed E-state index contributed by atoms with van der Waals surface area (Å²) in [5.41, 5.74) is 1.90. The summed E-state index contributed by atoms with van der Waals surface area (Å²) in [6.45, 7) is 0.857. The van der Waals surface area contributed by atoms with Crippen LogP contribution in [0.5, 0.6) is 5.75 Å². The lowest BCUT2D eigenvalue weighted by atomic mass is 10.0. The standard InChI is InChI=1S/C33H30N6O7S.BrH/c40-25-6-4-24(5-7-25)34-26(41)18-37-13-8-21(9-14-37)17-38-15-10-22(30(38)43)16-23-20-47-32-28(31(44)39(32)29(23)33(45)46)35-27(42)19-36-11-2-1-3-12-36;/h1-9,11-14,16,28,32H,10,15,17-20H2,(H2-2,34,35,40,41,42,45,46);1H/b22-16+;. The molecule has 0 radical (unpaired) electrons. The number of carboxylic acid groups (broad SMARTS) is 1. The van der Waals surface area contributed by atoms with E-state index in [1.165, 1.54) is 23.9 Å². The molecule has 0 spiro atoms. The number of thioether (sulfide) groups is 1. The second-order valence-electron chi connectivity index (χ2n) is 11.3. The molecule has 48 heavy (non-hydrogen) atoms. The van der Waals surface area contributed by atoms with Gasteiger partial charge in [0, 0.05) is 54.4 Å². The number of aromatic hydroxyl groups is 1. The smallest absolute Gasteiger partial charge is 0.290 e. The normalized spacial score (nSPS) is 19.4. The number of halogens is 1. The van der Waals surface area contributed by atoms with Crippen LogP contribution in [0.15, 0.2) is 102 Å². The SMILES string of the molecule is O=C(C[n+]1ccc(CN2CC/C(=C\C3=C(C(=O)[O-])N4C(=O)C(NC(=O)C[n+]5ccccc5)C4SC3)C2=O)cc1)Nc1ccc(O)cc1.[Br-]. The number of benzene rings is 1. The lowest BCUT2D eigenvalue weighted by Gasteiger charge is -2.50. The van der Waals surface area contributed by atoms with E-state index >= 15 is 0 Å². The number of aliphatic carboxylic acids is 1. The fourth-order valence-corrected chi connectivity index (χ4v) is 6.97. The van der Waals surface area contributed by atoms with E-state index in [4.69, 9.17) is 0 Å². The molecule has 0 saturated carbocycles. The molecule has 2 saturated heterocycles. The fraction of sp³-hybridized carbons (Fsp3) is 0.242. The van der Waals surface area contributed by atoms with Gasteiger partial charge >= 0.3 is 0 Å². The van der Waals surface area contributed by atoms with E-state index in [1.807, 2.05) is 18.2 Å². The number of pyridine rings is 2.